The van der Waals surface area contributed by atoms with Crippen molar-refractivity contribution in [2.75, 3.05) is 0 Å². The van der Waals surface area contributed by atoms with Crippen LogP contribution in [-0.2, 0) is 17.6 Å². The van der Waals surface area contributed by atoms with E-state index in [0.29, 0.717) is 5.41 Å². The topological polar surface area (TPSA) is 37.3 Å². The molecule has 0 bridgehead atoms. The van der Waals surface area contributed by atoms with E-state index in [-0.39, 0.29) is 5.41 Å². The molecule has 0 atom stereocenters. The molecule has 29 heavy (non-hydrogen) atoms. The largest absolute Gasteiger partial charge is 0.481 e. The summed E-state index contributed by atoms with van der Waals surface area (Å²) in [6, 6.07) is 2.36. The van der Waals surface area contributed by atoms with Crippen LogP contribution in [0.4, 0.5) is 0 Å². The highest BCUT2D eigenvalue weighted by Gasteiger charge is 2.49. The molecule has 164 valence electrons. The van der Waals surface area contributed by atoms with E-state index in [4.69, 9.17) is 0 Å². The van der Waals surface area contributed by atoms with Crippen LogP contribution in [0.2, 0.25) is 0 Å². The van der Waals surface area contributed by atoms with Crippen molar-refractivity contribution in [3.05, 3.63) is 33.9 Å². The van der Waals surface area contributed by atoms with Crippen molar-refractivity contribution >= 4 is 5.97 Å². The highest BCUT2D eigenvalue weighted by molar-refractivity contribution is 5.77. The number of benzene rings is 1. The molecule has 0 aromatic heterocycles. The maximum absolute atomic E-state index is 11.3. The number of rotatable bonds is 12. The van der Waals surface area contributed by atoms with E-state index in [1.807, 2.05) is 0 Å². The second kappa shape index (κ2) is 10.1. The van der Waals surface area contributed by atoms with Crippen LogP contribution in [0.5, 0.6) is 0 Å². The molecule has 1 fully saturated rings. The molecule has 0 aliphatic heterocycles. The second-order valence-electron chi connectivity index (χ2n) is 10.9. The van der Waals surface area contributed by atoms with Crippen molar-refractivity contribution in [3.8, 4) is 0 Å². The van der Waals surface area contributed by atoms with E-state index in [1.165, 1.54) is 55.2 Å². The van der Waals surface area contributed by atoms with Gasteiger partial charge in [-0.25, -0.2) is 0 Å². The fourth-order valence-corrected chi connectivity index (χ4v) is 4.71. The van der Waals surface area contributed by atoms with Crippen LogP contribution in [0, 0.1) is 31.6 Å². The summed E-state index contributed by atoms with van der Waals surface area (Å²) in [5, 5.41) is 9.33. The van der Waals surface area contributed by atoms with E-state index in [1.54, 1.807) is 11.1 Å². The summed E-state index contributed by atoms with van der Waals surface area (Å²) < 4.78 is 0. The maximum atomic E-state index is 11.3. The fraction of sp³-hybridized carbons (Fsp3) is 0.741. The summed E-state index contributed by atoms with van der Waals surface area (Å²) in [7, 11) is 0. The summed E-state index contributed by atoms with van der Waals surface area (Å²) >= 11 is 0. The average Bonchev–Trinajstić information content (AvgIpc) is 3.40. The molecule has 0 spiro atoms. The minimum absolute atomic E-state index is 0.353. The lowest BCUT2D eigenvalue weighted by atomic mass is 9.86. The number of carboxylic acids is 1. The molecule has 1 aliphatic rings. The average molecular weight is 401 g/mol. The van der Waals surface area contributed by atoms with Gasteiger partial charge in [0.2, 0.25) is 0 Å². The quantitative estimate of drug-likeness (QED) is 0.364. The Labute approximate surface area is 179 Å². The number of hydrogen-bond acceptors (Lipinski definition) is 1. The first kappa shape index (κ1) is 24.0. The van der Waals surface area contributed by atoms with Gasteiger partial charge in [-0.1, -0.05) is 52.5 Å². The Morgan fingerprint density at radius 3 is 2.03 bits per heavy atom. The zero-order chi connectivity index (χ0) is 21.7. The molecule has 0 saturated heterocycles. The highest BCUT2D eigenvalue weighted by Crippen LogP contribution is 2.50. The zero-order valence-corrected chi connectivity index (χ0v) is 19.9. The number of hydrogen-bond donors (Lipinski definition) is 1. The Morgan fingerprint density at radius 1 is 0.897 bits per heavy atom. The molecule has 1 N–H and O–H groups in total. The molecule has 0 unspecified atom stereocenters. The van der Waals surface area contributed by atoms with E-state index in [9.17, 15) is 9.90 Å². The monoisotopic (exact) mass is 400 g/mol. The number of aryl methyl sites for hydroxylation is 2. The number of carbonyl (C=O) groups is 1. The van der Waals surface area contributed by atoms with Gasteiger partial charge in [-0.05, 0) is 105 Å². The SMILES string of the molecule is Cc1cc(C)c(CCCCCC2(C(=O)O)CC2)c(CCCCCC(C)(C)C)c1C. The molecule has 2 heteroatoms. The van der Waals surface area contributed by atoms with Gasteiger partial charge in [-0.15, -0.1) is 0 Å². The van der Waals surface area contributed by atoms with E-state index >= 15 is 0 Å². The van der Waals surface area contributed by atoms with Crippen LogP contribution in [-0.4, -0.2) is 11.1 Å². The van der Waals surface area contributed by atoms with E-state index < -0.39 is 5.97 Å². The van der Waals surface area contributed by atoms with Crippen LogP contribution in [0.25, 0.3) is 0 Å². The number of unbranched alkanes of at least 4 members (excludes halogenated alkanes) is 4. The molecule has 2 nitrogen and oxygen atoms in total. The molecule has 2 rings (SSSR count). The van der Waals surface area contributed by atoms with Gasteiger partial charge >= 0.3 is 5.97 Å². The summed E-state index contributed by atoms with van der Waals surface area (Å²) in [6.07, 6.45) is 13.6. The minimum Gasteiger partial charge on any atom is -0.481 e. The molecule has 0 amide bonds. The van der Waals surface area contributed by atoms with Crippen molar-refractivity contribution in [1.82, 2.24) is 0 Å². The molecule has 1 aliphatic carbocycles. The Kier molecular flexibility index (Phi) is 8.37. The van der Waals surface area contributed by atoms with Crippen LogP contribution in [0.1, 0.15) is 113 Å². The Bertz CT molecular complexity index is 689. The van der Waals surface area contributed by atoms with Gasteiger partial charge in [-0.2, -0.15) is 0 Å². The Morgan fingerprint density at radius 2 is 1.48 bits per heavy atom. The maximum Gasteiger partial charge on any atom is 0.309 e. The molecule has 0 radical (unpaired) electrons. The minimum atomic E-state index is -0.573. The van der Waals surface area contributed by atoms with Gasteiger partial charge in [0.15, 0.2) is 0 Å². The van der Waals surface area contributed by atoms with Crippen LogP contribution in [0.15, 0.2) is 6.07 Å². The molecule has 1 aromatic rings. The Hall–Kier alpha value is -1.31. The van der Waals surface area contributed by atoms with Crippen LogP contribution < -0.4 is 0 Å². The molecule has 1 aromatic carbocycles. The Balaban J connectivity index is 1.87. The first-order chi connectivity index (χ1) is 13.6. The van der Waals surface area contributed by atoms with Crippen LogP contribution >= 0.6 is 0 Å². The van der Waals surface area contributed by atoms with Crippen molar-refractivity contribution in [2.24, 2.45) is 10.8 Å². The summed E-state index contributed by atoms with van der Waals surface area (Å²) in [5.74, 6) is -0.573. The third kappa shape index (κ3) is 7.15. The first-order valence-electron chi connectivity index (χ1n) is 11.9. The molecular formula is C27H44O2. The normalized spacial score (nSPS) is 15.5. The van der Waals surface area contributed by atoms with Gasteiger partial charge in [0.1, 0.15) is 0 Å². The van der Waals surface area contributed by atoms with Crippen molar-refractivity contribution in [3.63, 3.8) is 0 Å². The van der Waals surface area contributed by atoms with Crippen molar-refractivity contribution < 1.29 is 9.90 Å². The van der Waals surface area contributed by atoms with Gasteiger partial charge < -0.3 is 5.11 Å². The molecule has 1 saturated carbocycles. The highest BCUT2D eigenvalue weighted by atomic mass is 16.4. The van der Waals surface area contributed by atoms with Crippen molar-refractivity contribution in [1.29, 1.82) is 0 Å². The number of carboxylic acid groups (broad SMARTS) is 1. The standard InChI is InChI=1S/C27H44O2/c1-20-19-21(2)23(13-9-8-12-16-27(17-18-27)25(28)29)24(22(20)3)14-10-7-11-15-26(4,5)6/h19H,7-18H2,1-6H3,(H,28,29). The zero-order valence-electron chi connectivity index (χ0n) is 19.9. The van der Waals surface area contributed by atoms with Crippen molar-refractivity contribution in [2.45, 2.75) is 119 Å². The van der Waals surface area contributed by atoms with Gasteiger partial charge in [0, 0.05) is 0 Å². The second-order valence-corrected chi connectivity index (χ2v) is 10.9. The summed E-state index contributed by atoms with van der Waals surface area (Å²) in [5.41, 5.74) is 7.62. The summed E-state index contributed by atoms with van der Waals surface area (Å²) in [6.45, 7) is 13.8. The predicted molar refractivity (Wildman–Crippen MR) is 124 cm³/mol. The van der Waals surface area contributed by atoms with Gasteiger partial charge in [0.25, 0.3) is 0 Å². The lowest BCUT2D eigenvalue weighted by molar-refractivity contribution is -0.143. The summed E-state index contributed by atoms with van der Waals surface area (Å²) in [4.78, 5) is 11.3. The predicted octanol–water partition coefficient (Wildman–Crippen LogP) is 7.73. The molecule has 0 heterocycles. The fourth-order valence-electron chi connectivity index (χ4n) is 4.71. The third-order valence-electron chi connectivity index (χ3n) is 7.06. The van der Waals surface area contributed by atoms with Crippen LogP contribution in [0.3, 0.4) is 0 Å². The third-order valence-corrected chi connectivity index (χ3v) is 7.06. The first-order valence-corrected chi connectivity index (χ1v) is 11.9. The van der Waals surface area contributed by atoms with Gasteiger partial charge in [-0.3, -0.25) is 4.79 Å². The van der Waals surface area contributed by atoms with E-state index in [0.717, 1.165) is 38.5 Å². The molecular weight excluding hydrogens is 356 g/mol. The smallest absolute Gasteiger partial charge is 0.309 e. The van der Waals surface area contributed by atoms with E-state index in [2.05, 4.69) is 47.6 Å². The lowest BCUT2D eigenvalue weighted by Crippen LogP contribution is -2.14. The lowest BCUT2D eigenvalue weighted by Gasteiger charge is -2.20. The van der Waals surface area contributed by atoms with Gasteiger partial charge in [0.05, 0.1) is 5.41 Å². The number of aliphatic carboxylic acids is 1.